The minimum absolute atomic E-state index is 0.264. The highest BCUT2D eigenvalue weighted by atomic mass is 127. The van der Waals surface area contributed by atoms with Crippen molar-refractivity contribution in [3.05, 3.63) is 33.1 Å². The third-order valence-electron chi connectivity index (χ3n) is 2.57. The first-order chi connectivity index (χ1) is 9.73. The van der Waals surface area contributed by atoms with Crippen LogP contribution in [0, 0.1) is 9.39 Å². The Balaban J connectivity index is 2.81. The van der Waals surface area contributed by atoms with Crippen LogP contribution in [0.1, 0.15) is 26.3 Å². The van der Waals surface area contributed by atoms with Crippen molar-refractivity contribution in [2.24, 2.45) is 0 Å². The van der Waals surface area contributed by atoms with Crippen LogP contribution in [0.25, 0.3) is 0 Å². The molecule has 0 heterocycles. The molecule has 0 saturated carbocycles. The fourth-order valence-electron chi connectivity index (χ4n) is 1.62. The molecule has 1 aromatic rings. The van der Waals surface area contributed by atoms with Gasteiger partial charge in [0, 0.05) is 23.8 Å². The molecule has 0 spiro atoms. The van der Waals surface area contributed by atoms with Crippen molar-refractivity contribution in [1.82, 2.24) is 4.90 Å². The molecule has 1 aromatic carbocycles. The van der Waals surface area contributed by atoms with Crippen LogP contribution in [0.3, 0.4) is 0 Å². The highest BCUT2D eigenvalue weighted by Crippen LogP contribution is 2.16. The van der Waals surface area contributed by atoms with Gasteiger partial charge in [-0.25, -0.2) is 9.18 Å². The Morgan fingerprint density at radius 1 is 1.38 bits per heavy atom. The van der Waals surface area contributed by atoms with E-state index in [9.17, 15) is 9.18 Å². The Morgan fingerprint density at radius 3 is 2.57 bits per heavy atom. The molecular weight excluding hydrogens is 388 g/mol. The predicted molar refractivity (Wildman–Crippen MR) is 87.6 cm³/mol. The standard InChI is InChI=1S/C15H21FINO3/c1-15(2,3)21-14(19)18(7-8-20-4)10-11-5-6-12(16)13(17)9-11/h5-6,9H,7-8,10H2,1-4H3. The number of ether oxygens (including phenoxy) is 2. The van der Waals surface area contributed by atoms with E-state index >= 15 is 0 Å². The van der Waals surface area contributed by atoms with Crippen LogP contribution in [0.2, 0.25) is 0 Å². The van der Waals surface area contributed by atoms with Gasteiger partial charge in [-0.3, -0.25) is 0 Å². The normalized spacial score (nSPS) is 11.3. The Labute approximate surface area is 138 Å². The maximum Gasteiger partial charge on any atom is 0.410 e. The lowest BCUT2D eigenvalue weighted by Crippen LogP contribution is -2.38. The molecule has 4 nitrogen and oxygen atoms in total. The molecule has 0 aliphatic carbocycles. The van der Waals surface area contributed by atoms with Crippen molar-refractivity contribution in [3.8, 4) is 0 Å². The number of hydrogen-bond donors (Lipinski definition) is 0. The summed E-state index contributed by atoms with van der Waals surface area (Å²) in [6, 6.07) is 4.79. The van der Waals surface area contributed by atoms with E-state index in [-0.39, 0.29) is 5.82 Å². The van der Waals surface area contributed by atoms with E-state index in [0.717, 1.165) is 5.56 Å². The first kappa shape index (κ1) is 18.2. The summed E-state index contributed by atoms with van der Waals surface area (Å²) in [7, 11) is 1.58. The van der Waals surface area contributed by atoms with Gasteiger partial charge in [-0.2, -0.15) is 0 Å². The molecule has 0 aliphatic heterocycles. The van der Waals surface area contributed by atoms with Crippen LogP contribution in [0.15, 0.2) is 18.2 Å². The average molecular weight is 409 g/mol. The van der Waals surface area contributed by atoms with Crippen molar-refractivity contribution >= 4 is 28.7 Å². The predicted octanol–water partition coefficient (Wildman–Crippen LogP) is 3.81. The van der Waals surface area contributed by atoms with Gasteiger partial charge in [0.15, 0.2) is 0 Å². The number of halogens is 2. The molecular formula is C15H21FINO3. The summed E-state index contributed by atoms with van der Waals surface area (Å²) in [5, 5.41) is 0. The lowest BCUT2D eigenvalue weighted by Gasteiger charge is -2.27. The molecule has 0 atom stereocenters. The molecule has 0 fully saturated rings. The summed E-state index contributed by atoms with van der Waals surface area (Å²) >= 11 is 1.93. The summed E-state index contributed by atoms with van der Waals surface area (Å²) in [6.07, 6.45) is -0.404. The van der Waals surface area contributed by atoms with Crippen molar-refractivity contribution < 1.29 is 18.7 Å². The van der Waals surface area contributed by atoms with Gasteiger partial charge in [0.25, 0.3) is 0 Å². The number of carbonyl (C=O) groups excluding carboxylic acids is 1. The SMILES string of the molecule is COCCN(Cc1ccc(F)c(I)c1)C(=O)OC(C)(C)C. The molecule has 21 heavy (non-hydrogen) atoms. The molecule has 0 bridgehead atoms. The molecule has 0 unspecified atom stereocenters. The van der Waals surface area contributed by atoms with Gasteiger partial charge in [0.05, 0.1) is 6.61 Å². The number of hydrogen-bond acceptors (Lipinski definition) is 3. The second-order valence-corrected chi connectivity index (χ2v) is 6.81. The van der Waals surface area contributed by atoms with E-state index in [0.29, 0.717) is 23.3 Å². The van der Waals surface area contributed by atoms with Crippen LogP contribution < -0.4 is 0 Å². The van der Waals surface area contributed by atoms with E-state index in [1.807, 2.05) is 43.4 Å². The quantitative estimate of drug-likeness (QED) is 0.695. The smallest absolute Gasteiger partial charge is 0.410 e. The van der Waals surface area contributed by atoms with Gasteiger partial charge in [-0.1, -0.05) is 6.07 Å². The Morgan fingerprint density at radius 2 is 2.05 bits per heavy atom. The van der Waals surface area contributed by atoms with Crippen LogP contribution in [-0.4, -0.2) is 36.9 Å². The van der Waals surface area contributed by atoms with Gasteiger partial charge in [0.2, 0.25) is 0 Å². The fraction of sp³-hybridized carbons (Fsp3) is 0.533. The van der Waals surface area contributed by atoms with Gasteiger partial charge in [-0.15, -0.1) is 0 Å². The van der Waals surface area contributed by atoms with E-state index in [4.69, 9.17) is 9.47 Å². The molecule has 0 saturated heterocycles. The van der Waals surface area contributed by atoms with Gasteiger partial charge >= 0.3 is 6.09 Å². The molecule has 6 heteroatoms. The monoisotopic (exact) mass is 409 g/mol. The van der Waals surface area contributed by atoms with E-state index in [2.05, 4.69) is 0 Å². The van der Waals surface area contributed by atoms with Gasteiger partial charge in [0.1, 0.15) is 11.4 Å². The molecule has 0 aromatic heterocycles. The van der Waals surface area contributed by atoms with E-state index in [1.54, 1.807) is 24.1 Å². The van der Waals surface area contributed by atoms with Crippen molar-refractivity contribution in [3.63, 3.8) is 0 Å². The molecule has 1 rings (SSSR count). The Kier molecular flexibility index (Phi) is 6.86. The highest BCUT2D eigenvalue weighted by Gasteiger charge is 2.22. The summed E-state index contributed by atoms with van der Waals surface area (Å²) in [5.41, 5.74) is 0.294. The third-order valence-corrected chi connectivity index (χ3v) is 3.40. The molecule has 0 radical (unpaired) electrons. The van der Waals surface area contributed by atoms with Crippen molar-refractivity contribution in [2.45, 2.75) is 32.9 Å². The second-order valence-electron chi connectivity index (χ2n) is 5.64. The van der Waals surface area contributed by atoms with E-state index in [1.165, 1.54) is 6.07 Å². The first-order valence-electron chi connectivity index (χ1n) is 6.63. The average Bonchev–Trinajstić information content (AvgIpc) is 2.36. The van der Waals surface area contributed by atoms with Crippen LogP contribution in [0.5, 0.6) is 0 Å². The molecule has 118 valence electrons. The maximum atomic E-state index is 13.3. The number of methoxy groups -OCH3 is 1. The Bertz CT molecular complexity index is 488. The van der Waals surface area contributed by atoms with Crippen molar-refractivity contribution in [2.75, 3.05) is 20.3 Å². The number of carbonyl (C=O) groups is 1. The van der Waals surface area contributed by atoms with Crippen LogP contribution >= 0.6 is 22.6 Å². The van der Waals surface area contributed by atoms with Gasteiger partial charge in [-0.05, 0) is 61.1 Å². The minimum atomic E-state index is -0.556. The summed E-state index contributed by atoms with van der Waals surface area (Å²) in [4.78, 5) is 13.7. The zero-order valence-electron chi connectivity index (χ0n) is 12.8. The zero-order valence-corrected chi connectivity index (χ0v) is 14.9. The number of nitrogens with zero attached hydrogens (tertiary/aromatic N) is 1. The van der Waals surface area contributed by atoms with Crippen LogP contribution in [-0.2, 0) is 16.0 Å². The molecule has 0 aliphatic rings. The first-order valence-corrected chi connectivity index (χ1v) is 7.71. The number of amides is 1. The lowest BCUT2D eigenvalue weighted by molar-refractivity contribution is 0.0184. The summed E-state index contributed by atoms with van der Waals surface area (Å²) in [6.45, 7) is 6.64. The second kappa shape index (κ2) is 7.93. The fourth-order valence-corrected chi connectivity index (χ4v) is 2.20. The van der Waals surface area contributed by atoms with E-state index < -0.39 is 11.7 Å². The largest absolute Gasteiger partial charge is 0.444 e. The maximum absolute atomic E-state index is 13.3. The van der Waals surface area contributed by atoms with Crippen LogP contribution in [0.4, 0.5) is 9.18 Å². The number of rotatable bonds is 5. The molecule has 1 amide bonds. The highest BCUT2D eigenvalue weighted by molar-refractivity contribution is 14.1. The lowest BCUT2D eigenvalue weighted by atomic mass is 10.2. The summed E-state index contributed by atoms with van der Waals surface area (Å²) in [5.74, 6) is -0.264. The minimum Gasteiger partial charge on any atom is -0.444 e. The third kappa shape index (κ3) is 6.60. The van der Waals surface area contributed by atoms with Crippen molar-refractivity contribution in [1.29, 1.82) is 0 Å². The molecule has 0 N–H and O–H groups in total. The Hall–Kier alpha value is -0.890. The number of benzene rings is 1. The topological polar surface area (TPSA) is 38.8 Å². The van der Waals surface area contributed by atoms with Gasteiger partial charge < -0.3 is 14.4 Å². The summed E-state index contributed by atoms with van der Waals surface area (Å²) < 4.78 is 24.2. The zero-order chi connectivity index (χ0) is 16.0.